The highest BCUT2D eigenvalue weighted by Gasteiger charge is 2.13. The molecule has 4 aromatic rings. The number of aromatic nitrogens is 4. The maximum atomic E-state index is 13.0. The predicted molar refractivity (Wildman–Crippen MR) is 98.6 cm³/mol. The molecule has 0 saturated heterocycles. The Morgan fingerprint density at radius 1 is 1.04 bits per heavy atom. The molecule has 9 heteroatoms. The summed E-state index contributed by atoms with van der Waals surface area (Å²) in [6, 6.07) is 12.7. The van der Waals surface area contributed by atoms with Crippen LogP contribution in [0.4, 0.5) is 15.9 Å². The molecule has 27 heavy (non-hydrogen) atoms. The average molecular weight is 363 g/mol. The lowest BCUT2D eigenvalue weighted by Crippen LogP contribution is -2.30. The third-order valence-electron chi connectivity index (χ3n) is 3.95. The van der Waals surface area contributed by atoms with Gasteiger partial charge >= 0.3 is 0 Å². The van der Waals surface area contributed by atoms with Gasteiger partial charge in [0, 0.05) is 5.56 Å². The fourth-order valence-corrected chi connectivity index (χ4v) is 2.60. The van der Waals surface area contributed by atoms with E-state index in [0.717, 1.165) is 11.0 Å². The topological polar surface area (TPSA) is 111 Å². The average Bonchev–Trinajstić information content (AvgIpc) is 3.11. The highest BCUT2D eigenvalue weighted by atomic mass is 19.1. The van der Waals surface area contributed by atoms with E-state index in [1.165, 1.54) is 30.6 Å². The Bertz CT molecular complexity index is 1120. The van der Waals surface area contributed by atoms with Gasteiger partial charge in [-0.05, 0) is 36.4 Å². The maximum absolute atomic E-state index is 13.0. The summed E-state index contributed by atoms with van der Waals surface area (Å²) in [6.45, 7) is 0. The van der Waals surface area contributed by atoms with Crippen molar-refractivity contribution in [2.45, 2.75) is 0 Å². The lowest BCUT2D eigenvalue weighted by Gasteiger charge is -2.12. The van der Waals surface area contributed by atoms with E-state index in [-0.39, 0.29) is 17.1 Å². The zero-order valence-corrected chi connectivity index (χ0v) is 13.9. The number of benzene rings is 2. The number of nitrogens with two attached hydrogens (primary N) is 1. The van der Waals surface area contributed by atoms with Crippen molar-refractivity contribution in [1.29, 1.82) is 0 Å². The molecule has 0 bridgehead atoms. The Balaban J connectivity index is 1.59. The number of halogens is 1. The van der Waals surface area contributed by atoms with Crippen LogP contribution < -0.4 is 16.6 Å². The summed E-state index contributed by atoms with van der Waals surface area (Å²) in [4.78, 5) is 24.7. The van der Waals surface area contributed by atoms with E-state index in [9.17, 15) is 9.18 Å². The molecule has 0 aliphatic rings. The summed E-state index contributed by atoms with van der Waals surface area (Å²) in [7, 11) is 0. The number of hydrazine groups is 1. The molecule has 0 aliphatic carbocycles. The van der Waals surface area contributed by atoms with Gasteiger partial charge in [-0.15, -0.1) is 0 Å². The number of nitrogens with one attached hydrogen (secondary N) is 2. The minimum absolute atomic E-state index is 0.230. The number of nitrogen functional groups attached to an aromatic ring is 1. The van der Waals surface area contributed by atoms with E-state index >= 15 is 0 Å². The largest absolute Gasteiger partial charge is 0.393 e. The number of fused-ring (bicyclic) bond motifs is 1. The smallest absolute Gasteiger partial charge is 0.269 e. The van der Waals surface area contributed by atoms with Crippen LogP contribution >= 0.6 is 0 Å². The fourth-order valence-electron chi connectivity index (χ4n) is 2.60. The molecule has 0 aliphatic heterocycles. The van der Waals surface area contributed by atoms with E-state index < -0.39 is 11.7 Å². The summed E-state index contributed by atoms with van der Waals surface area (Å²) < 4.78 is 14.7. The van der Waals surface area contributed by atoms with Crippen LogP contribution in [0.3, 0.4) is 0 Å². The highest BCUT2D eigenvalue weighted by molar-refractivity contribution is 5.95. The molecular formula is C18H14FN7O. The third-order valence-corrected chi connectivity index (χ3v) is 3.95. The Morgan fingerprint density at radius 3 is 2.63 bits per heavy atom. The quantitative estimate of drug-likeness (QED) is 0.480. The molecule has 4 N–H and O–H groups in total. The van der Waals surface area contributed by atoms with Crippen molar-refractivity contribution in [3.8, 4) is 5.82 Å². The number of hydrogen-bond donors (Lipinski definition) is 3. The van der Waals surface area contributed by atoms with Crippen molar-refractivity contribution in [1.82, 2.24) is 24.9 Å². The van der Waals surface area contributed by atoms with Gasteiger partial charge in [0.15, 0.2) is 11.6 Å². The number of para-hydroxylation sites is 2. The van der Waals surface area contributed by atoms with Gasteiger partial charge in [0.25, 0.3) is 5.91 Å². The van der Waals surface area contributed by atoms with E-state index in [2.05, 4.69) is 25.8 Å². The van der Waals surface area contributed by atoms with Gasteiger partial charge in [-0.2, -0.15) is 0 Å². The number of hydrogen-bond acceptors (Lipinski definition) is 6. The SMILES string of the molecule is Nc1c(NNC(=O)c2ccc(F)cc2)ncnc1-n1cnc2ccccc21. The van der Waals surface area contributed by atoms with Crippen molar-refractivity contribution in [2.75, 3.05) is 11.2 Å². The fraction of sp³-hybridized carbons (Fsp3) is 0. The van der Waals surface area contributed by atoms with Crippen LogP contribution in [-0.2, 0) is 0 Å². The lowest BCUT2D eigenvalue weighted by molar-refractivity contribution is 0.0962. The first kappa shape index (κ1) is 16.5. The number of imidazole rings is 1. The van der Waals surface area contributed by atoms with Gasteiger partial charge in [-0.3, -0.25) is 20.2 Å². The molecular weight excluding hydrogens is 349 g/mol. The second-order valence-corrected chi connectivity index (χ2v) is 5.65. The first-order chi connectivity index (χ1) is 13.1. The minimum atomic E-state index is -0.456. The Labute approximate surface area is 152 Å². The summed E-state index contributed by atoms with van der Waals surface area (Å²) >= 11 is 0. The van der Waals surface area contributed by atoms with Gasteiger partial charge in [-0.1, -0.05) is 12.1 Å². The monoisotopic (exact) mass is 363 g/mol. The molecule has 2 heterocycles. The molecule has 8 nitrogen and oxygen atoms in total. The first-order valence-electron chi connectivity index (χ1n) is 7.98. The number of nitrogens with zero attached hydrogens (tertiary/aromatic N) is 4. The van der Waals surface area contributed by atoms with Crippen molar-refractivity contribution in [3.05, 3.63) is 72.6 Å². The minimum Gasteiger partial charge on any atom is -0.393 e. The molecule has 1 amide bonds. The molecule has 134 valence electrons. The van der Waals surface area contributed by atoms with Crippen LogP contribution in [0.25, 0.3) is 16.9 Å². The molecule has 0 unspecified atom stereocenters. The number of anilines is 2. The van der Waals surface area contributed by atoms with Crippen LogP contribution in [0.2, 0.25) is 0 Å². The zero-order chi connectivity index (χ0) is 18.8. The number of amides is 1. The Morgan fingerprint density at radius 2 is 1.81 bits per heavy atom. The number of carbonyl (C=O) groups excluding carboxylic acids is 1. The summed E-state index contributed by atoms with van der Waals surface area (Å²) in [5.41, 5.74) is 13.5. The van der Waals surface area contributed by atoms with Crippen molar-refractivity contribution < 1.29 is 9.18 Å². The van der Waals surface area contributed by atoms with E-state index in [1.807, 2.05) is 24.3 Å². The number of carbonyl (C=O) groups is 1. The van der Waals surface area contributed by atoms with Crippen LogP contribution in [0.5, 0.6) is 0 Å². The third kappa shape index (κ3) is 3.13. The molecule has 2 aromatic heterocycles. The van der Waals surface area contributed by atoms with Gasteiger partial charge in [0.1, 0.15) is 24.2 Å². The normalized spacial score (nSPS) is 10.7. The summed E-state index contributed by atoms with van der Waals surface area (Å²) in [5, 5.41) is 0. The Hall–Kier alpha value is -4.01. The van der Waals surface area contributed by atoms with E-state index in [1.54, 1.807) is 10.9 Å². The molecule has 2 aromatic carbocycles. The van der Waals surface area contributed by atoms with Gasteiger partial charge in [-0.25, -0.2) is 19.3 Å². The second-order valence-electron chi connectivity index (χ2n) is 5.65. The first-order valence-corrected chi connectivity index (χ1v) is 7.98. The van der Waals surface area contributed by atoms with Gasteiger partial charge < -0.3 is 5.73 Å². The van der Waals surface area contributed by atoms with Gasteiger partial charge in [0.05, 0.1) is 11.0 Å². The molecule has 4 rings (SSSR count). The zero-order valence-electron chi connectivity index (χ0n) is 13.9. The van der Waals surface area contributed by atoms with Gasteiger partial charge in [0.2, 0.25) is 0 Å². The standard InChI is InChI=1S/C18H14FN7O/c19-12-7-5-11(6-8-12)18(27)25-24-16-15(20)17(22-9-21-16)26-10-23-13-3-1-2-4-14(13)26/h1-10H,20H2,(H,25,27)(H,21,22,24). The lowest BCUT2D eigenvalue weighted by atomic mass is 10.2. The van der Waals surface area contributed by atoms with Crippen molar-refractivity contribution in [3.63, 3.8) is 0 Å². The molecule has 0 saturated carbocycles. The maximum Gasteiger partial charge on any atom is 0.269 e. The van der Waals surface area contributed by atoms with Crippen molar-refractivity contribution >= 4 is 28.4 Å². The van der Waals surface area contributed by atoms with Crippen LogP contribution in [0, 0.1) is 5.82 Å². The van der Waals surface area contributed by atoms with Crippen LogP contribution in [-0.4, -0.2) is 25.4 Å². The van der Waals surface area contributed by atoms with E-state index in [0.29, 0.717) is 5.82 Å². The van der Waals surface area contributed by atoms with E-state index in [4.69, 9.17) is 5.73 Å². The molecule has 0 atom stereocenters. The molecule has 0 radical (unpaired) electrons. The molecule has 0 spiro atoms. The molecule has 0 fully saturated rings. The van der Waals surface area contributed by atoms with Crippen molar-refractivity contribution in [2.24, 2.45) is 0 Å². The predicted octanol–water partition coefficient (Wildman–Crippen LogP) is 2.29. The number of rotatable bonds is 4. The van der Waals surface area contributed by atoms with Crippen LogP contribution in [0.15, 0.2) is 61.2 Å². The van der Waals surface area contributed by atoms with Crippen LogP contribution in [0.1, 0.15) is 10.4 Å². The Kier molecular flexibility index (Phi) is 4.09. The highest BCUT2D eigenvalue weighted by Crippen LogP contribution is 2.24. The summed E-state index contributed by atoms with van der Waals surface area (Å²) in [5.74, 6) is -0.218. The summed E-state index contributed by atoms with van der Waals surface area (Å²) in [6.07, 6.45) is 2.94. The second kappa shape index (κ2) is 6.71.